The molecule has 0 aromatic heterocycles. The maximum absolute atomic E-state index is 15.0. The highest BCUT2D eigenvalue weighted by Gasteiger charge is 2.48. The zero-order valence-electron chi connectivity index (χ0n) is 16.7. The first-order valence-electron chi connectivity index (χ1n) is 10.7. The van der Waals surface area contributed by atoms with Gasteiger partial charge in [0.15, 0.2) is 0 Å². The van der Waals surface area contributed by atoms with E-state index in [0.717, 1.165) is 63.0 Å². The van der Waals surface area contributed by atoms with Gasteiger partial charge in [0.1, 0.15) is 0 Å². The molecule has 0 amide bonds. The fraction of sp³-hybridized carbons (Fsp3) is 0.727. The third-order valence-electron chi connectivity index (χ3n) is 6.96. The number of nitrogens with one attached hydrogen (secondary N) is 1. The minimum Gasteiger partial charge on any atom is -0.317 e. The van der Waals surface area contributed by atoms with E-state index in [2.05, 4.69) is 10.2 Å². The zero-order chi connectivity index (χ0) is 18.7. The van der Waals surface area contributed by atoms with Crippen LogP contribution in [0.5, 0.6) is 0 Å². The van der Waals surface area contributed by atoms with Crippen molar-refractivity contribution in [3.8, 4) is 0 Å². The lowest BCUT2D eigenvalue weighted by Gasteiger charge is -2.47. The van der Waals surface area contributed by atoms with Gasteiger partial charge in [0.05, 0.1) is 12.6 Å². The standard InChI is InChI=1S/C22H33F2N3.ClH/c23-22(24)17-26(16-18-4-2-1-3-5-18)13-10-21(22)27-14-8-20(9-15-27)19-6-11-25-12-7-19;/h1-5,19-21,25H,6-17H2;1H. The first-order chi connectivity index (χ1) is 13.1. The molecule has 158 valence electrons. The van der Waals surface area contributed by atoms with Crippen LogP contribution in [-0.2, 0) is 6.54 Å². The summed E-state index contributed by atoms with van der Waals surface area (Å²) in [5, 5.41) is 3.43. The van der Waals surface area contributed by atoms with Crippen LogP contribution in [0, 0.1) is 11.8 Å². The number of hydrogen-bond donors (Lipinski definition) is 1. The Morgan fingerprint density at radius 3 is 2.18 bits per heavy atom. The number of nitrogens with zero attached hydrogens (tertiary/aromatic N) is 2. The van der Waals surface area contributed by atoms with E-state index in [1.54, 1.807) is 0 Å². The minimum absolute atomic E-state index is 0. The summed E-state index contributed by atoms with van der Waals surface area (Å²) >= 11 is 0. The number of likely N-dealkylation sites (tertiary alicyclic amines) is 2. The van der Waals surface area contributed by atoms with Gasteiger partial charge in [-0.25, -0.2) is 8.78 Å². The highest BCUT2D eigenvalue weighted by Crippen LogP contribution is 2.37. The smallest absolute Gasteiger partial charge is 0.275 e. The zero-order valence-corrected chi connectivity index (χ0v) is 17.5. The number of piperidine rings is 3. The third-order valence-corrected chi connectivity index (χ3v) is 6.96. The molecule has 3 saturated heterocycles. The fourth-order valence-electron chi connectivity index (χ4n) is 5.44. The molecule has 4 rings (SSSR count). The van der Waals surface area contributed by atoms with Crippen LogP contribution in [0.1, 0.15) is 37.7 Å². The topological polar surface area (TPSA) is 18.5 Å². The first-order valence-corrected chi connectivity index (χ1v) is 10.7. The largest absolute Gasteiger partial charge is 0.317 e. The molecule has 0 bridgehead atoms. The Morgan fingerprint density at radius 1 is 0.893 bits per heavy atom. The van der Waals surface area contributed by atoms with Gasteiger partial charge in [0, 0.05) is 13.1 Å². The van der Waals surface area contributed by atoms with Gasteiger partial charge in [-0.05, 0) is 75.7 Å². The van der Waals surface area contributed by atoms with Crippen LogP contribution >= 0.6 is 12.4 Å². The molecule has 1 aromatic rings. The van der Waals surface area contributed by atoms with Gasteiger partial charge in [-0.3, -0.25) is 9.80 Å². The summed E-state index contributed by atoms with van der Waals surface area (Å²) in [6.07, 6.45) is 5.31. The monoisotopic (exact) mass is 413 g/mol. The van der Waals surface area contributed by atoms with Gasteiger partial charge in [0.2, 0.25) is 0 Å². The van der Waals surface area contributed by atoms with Crippen molar-refractivity contribution in [2.75, 3.05) is 39.3 Å². The van der Waals surface area contributed by atoms with Gasteiger partial charge in [-0.1, -0.05) is 30.3 Å². The van der Waals surface area contributed by atoms with Crippen molar-refractivity contribution in [2.24, 2.45) is 11.8 Å². The lowest BCUT2D eigenvalue weighted by molar-refractivity contribution is -0.134. The molecule has 6 heteroatoms. The molecule has 0 radical (unpaired) electrons. The second-order valence-electron chi connectivity index (χ2n) is 8.72. The number of alkyl halides is 2. The van der Waals surface area contributed by atoms with Crippen LogP contribution in [0.3, 0.4) is 0 Å². The summed E-state index contributed by atoms with van der Waals surface area (Å²) in [5.41, 5.74) is 1.12. The molecular formula is C22H34ClF2N3. The Balaban J connectivity index is 0.00000225. The van der Waals surface area contributed by atoms with Crippen molar-refractivity contribution in [2.45, 2.75) is 50.6 Å². The van der Waals surface area contributed by atoms with E-state index >= 15 is 0 Å². The highest BCUT2D eigenvalue weighted by molar-refractivity contribution is 5.85. The Kier molecular flexibility index (Phi) is 7.71. The van der Waals surface area contributed by atoms with E-state index in [-0.39, 0.29) is 19.0 Å². The molecule has 3 aliphatic rings. The second-order valence-corrected chi connectivity index (χ2v) is 8.72. The number of benzene rings is 1. The van der Waals surface area contributed by atoms with E-state index in [0.29, 0.717) is 13.0 Å². The summed E-state index contributed by atoms with van der Waals surface area (Å²) in [7, 11) is 0. The van der Waals surface area contributed by atoms with E-state index in [4.69, 9.17) is 0 Å². The molecule has 3 aliphatic heterocycles. The summed E-state index contributed by atoms with van der Waals surface area (Å²) < 4.78 is 29.9. The van der Waals surface area contributed by atoms with Gasteiger partial charge in [-0.2, -0.15) is 0 Å². The molecule has 0 spiro atoms. The maximum Gasteiger partial charge on any atom is 0.275 e. The van der Waals surface area contributed by atoms with Crippen LogP contribution in [0.15, 0.2) is 30.3 Å². The average molecular weight is 414 g/mol. The van der Waals surface area contributed by atoms with Gasteiger partial charge >= 0.3 is 0 Å². The van der Waals surface area contributed by atoms with Crippen molar-refractivity contribution < 1.29 is 8.78 Å². The molecule has 1 N–H and O–H groups in total. The molecule has 28 heavy (non-hydrogen) atoms. The number of halogens is 3. The normalized spacial score (nSPS) is 28.0. The lowest BCUT2D eigenvalue weighted by atomic mass is 9.78. The van der Waals surface area contributed by atoms with Crippen molar-refractivity contribution in [3.63, 3.8) is 0 Å². The van der Waals surface area contributed by atoms with Gasteiger partial charge in [0.25, 0.3) is 5.92 Å². The van der Waals surface area contributed by atoms with Crippen LogP contribution in [0.4, 0.5) is 8.78 Å². The molecule has 3 fully saturated rings. The van der Waals surface area contributed by atoms with E-state index in [1.165, 1.54) is 12.8 Å². The van der Waals surface area contributed by atoms with Crippen molar-refractivity contribution in [1.82, 2.24) is 15.1 Å². The van der Waals surface area contributed by atoms with Crippen molar-refractivity contribution in [3.05, 3.63) is 35.9 Å². The molecule has 3 nitrogen and oxygen atoms in total. The molecule has 1 unspecified atom stereocenters. The van der Waals surface area contributed by atoms with Crippen molar-refractivity contribution >= 4 is 12.4 Å². The molecule has 0 aliphatic carbocycles. The third kappa shape index (κ3) is 5.24. The molecule has 0 saturated carbocycles. The Morgan fingerprint density at radius 2 is 1.54 bits per heavy atom. The summed E-state index contributed by atoms with van der Waals surface area (Å²) in [6.45, 7) is 5.25. The summed E-state index contributed by atoms with van der Waals surface area (Å²) in [6, 6.07) is 9.40. The SMILES string of the molecule is Cl.FC1(F)CN(Cc2ccccc2)CCC1N1CCC(C2CCNCC2)CC1. The Hall–Kier alpha value is -0.750. The predicted octanol–water partition coefficient (Wildman–Crippen LogP) is 4.03. The van der Waals surface area contributed by atoms with Crippen molar-refractivity contribution in [1.29, 1.82) is 0 Å². The predicted molar refractivity (Wildman–Crippen MR) is 112 cm³/mol. The van der Waals surface area contributed by atoms with Crippen LogP contribution in [0.25, 0.3) is 0 Å². The lowest BCUT2D eigenvalue weighted by Crippen LogP contribution is -2.59. The fourth-order valence-corrected chi connectivity index (χ4v) is 5.44. The molecule has 3 heterocycles. The summed E-state index contributed by atoms with van der Waals surface area (Å²) in [5.74, 6) is -1.06. The quantitative estimate of drug-likeness (QED) is 0.803. The molecule has 1 atom stereocenters. The van der Waals surface area contributed by atoms with Gasteiger partial charge < -0.3 is 5.32 Å². The minimum atomic E-state index is -2.62. The molecular weight excluding hydrogens is 380 g/mol. The summed E-state index contributed by atoms with van der Waals surface area (Å²) in [4.78, 5) is 4.03. The highest BCUT2D eigenvalue weighted by atomic mass is 35.5. The number of hydrogen-bond acceptors (Lipinski definition) is 3. The van der Waals surface area contributed by atoms with Crippen LogP contribution in [0.2, 0.25) is 0 Å². The number of rotatable bonds is 4. The average Bonchev–Trinajstić information content (AvgIpc) is 2.69. The van der Waals surface area contributed by atoms with E-state index in [1.807, 2.05) is 35.2 Å². The first kappa shape index (κ1) is 21.9. The maximum atomic E-state index is 15.0. The van der Waals surface area contributed by atoms with Gasteiger partial charge in [-0.15, -0.1) is 12.4 Å². The Labute approximate surface area is 174 Å². The van der Waals surface area contributed by atoms with Crippen LogP contribution < -0.4 is 5.32 Å². The molecule has 1 aromatic carbocycles. The van der Waals surface area contributed by atoms with E-state index in [9.17, 15) is 8.78 Å². The van der Waals surface area contributed by atoms with E-state index < -0.39 is 12.0 Å². The van der Waals surface area contributed by atoms with Crippen LogP contribution in [-0.4, -0.2) is 61.0 Å². The second kappa shape index (κ2) is 9.84. The Bertz CT molecular complexity index is 587.